The van der Waals surface area contributed by atoms with Crippen LogP contribution in [0, 0.1) is 13.8 Å². The molecule has 1 fully saturated rings. The van der Waals surface area contributed by atoms with Gasteiger partial charge in [0.05, 0.1) is 6.61 Å². The molecular weight excluding hydrogens is 584 g/mol. The molecule has 0 radical (unpaired) electrons. The summed E-state index contributed by atoms with van der Waals surface area (Å²) in [7, 11) is 0. The molecule has 1 saturated heterocycles. The first-order valence-electron chi connectivity index (χ1n) is 14.4. The van der Waals surface area contributed by atoms with Gasteiger partial charge < -0.3 is 20.3 Å². The summed E-state index contributed by atoms with van der Waals surface area (Å²) in [5, 5.41) is 15.9. The summed E-state index contributed by atoms with van der Waals surface area (Å²) in [6, 6.07) is 2.10. The number of aromatic nitrogens is 3. The minimum Gasteiger partial charge on any atom is -0.678 e. The summed E-state index contributed by atoms with van der Waals surface area (Å²) in [4.78, 5) is 29.6. The van der Waals surface area contributed by atoms with E-state index in [4.69, 9.17) is 35.3 Å². The third-order valence-electron chi connectivity index (χ3n) is 8.55. The summed E-state index contributed by atoms with van der Waals surface area (Å²) in [5.74, 6) is 0. The zero-order chi connectivity index (χ0) is 28.7. The number of allylic oxidation sites excluding steroid dienone is 1. The summed E-state index contributed by atoms with van der Waals surface area (Å²) in [5.41, 5.74) is 12.8. The molecule has 1 atom stereocenters. The van der Waals surface area contributed by atoms with Crippen molar-refractivity contribution < 1.29 is 37.0 Å². The second-order valence-electron chi connectivity index (χ2n) is 11.0. The van der Waals surface area contributed by atoms with Gasteiger partial charge in [-0.05, 0) is 52.0 Å². The third-order valence-corrected chi connectivity index (χ3v) is 8.55. The van der Waals surface area contributed by atoms with Crippen LogP contribution in [0.4, 0.5) is 0 Å². The van der Waals surface area contributed by atoms with Gasteiger partial charge in [0.1, 0.15) is 0 Å². The number of rotatable bonds is 9. The van der Waals surface area contributed by atoms with Gasteiger partial charge in [-0.1, -0.05) is 97.2 Å². The van der Waals surface area contributed by atoms with Crippen LogP contribution in [-0.2, 0) is 51.0 Å². The van der Waals surface area contributed by atoms with Crippen molar-refractivity contribution in [3.63, 3.8) is 0 Å². The van der Waals surface area contributed by atoms with Crippen LogP contribution in [0.3, 0.4) is 0 Å². The molecule has 1 N–H and O–H groups in total. The van der Waals surface area contributed by atoms with Crippen molar-refractivity contribution in [3.8, 4) is 0 Å². The van der Waals surface area contributed by atoms with Crippen molar-refractivity contribution in [2.45, 2.75) is 86.0 Å². The Morgan fingerprint density at radius 2 is 1.81 bits per heavy atom. The number of hydrogen-bond acceptors (Lipinski definition) is 4. The molecule has 1 unspecified atom stereocenters. The van der Waals surface area contributed by atoms with E-state index in [1.54, 1.807) is 0 Å². The van der Waals surface area contributed by atoms with Gasteiger partial charge in [0.2, 0.25) is 6.29 Å². The normalized spacial score (nSPS) is 20.1. The maximum absolute atomic E-state index is 8.90. The summed E-state index contributed by atoms with van der Waals surface area (Å²) in [6.07, 6.45) is 12.6. The summed E-state index contributed by atoms with van der Waals surface area (Å²) in [6.45, 7) is 12.9. The molecule has 8 nitrogen and oxygen atoms in total. The maximum Gasteiger partial charge on any atom is 4.00 e. The summed E-state index contributed by atoms with van der Waals surface area (Å²) >= 11 is 0. The van der Waals surface area contributed by atoms with E-state index in [0.717, 1.165) is 88.0 Å². The Balaban J connectivity index is 0.00000212. The fourth-order valence-corrected chi connectivity index (χ4v) is 6.15. The summed E-state index contributed by atoms with van der Waals surface area (Å²) < 4.78 is 0. The largest absolute Gasteiger partial charge is 4.00 e. The van der Waals surface area contributed by atoms with Gasteiger partial charge in [-0.15, -0.1) is 33.5 Å². The molecule has 43 heavy (non-hydrogen) atoms. The van der Waals surface area contributed by atoms with Crippen molar-refractivity contribution in [2.75, 3.05) is 6.61 Å². The molecule has 0 aromatic carbocycles. The van der Waals surface area contributed by atoms with Crippen molar-refractivity contribution in [3.05, 3.63) is 96.1 Å². The topological polar surface area (TPSA) is 111 Å². The molecule has 0 aliphatic carbocycles. The van der Waals surface area contributed by atoms with Gasteiger partial charge in [0.25, 0.3) is 0 Å². The van der Waals surface area contributed by atoms with Crippen LogP contribution < -0.4 is 25.7 Å². The first-order valence-corrected chi connectivity index (χ1v) is 14.4. The number of aryl methyl sites for hydroxylation is 1. The van der Waals surface area contributed by atoms with Crippen LogP contribution in [0.2, 0.25) is 0 Å². The van der Waals surface area contributed by atoms with Crippen molar-refractivity contribution in [1.82, 2.24) is 15.0 Å². The van der Waals surface area contributed by atoms with E-state index < -0.39 is 0 Å². The quantitative estimate of drug-likeness (QED) is 0.116. The average molecular weight is 625 g/mol. The van der Waals surface area contributed by atoms with Crippen LogP contribution >= 0.6 is 0 Å². The third kappa shape index (κ3) is 6.58. The fraction of sp³-hybridized carbons (Fsp3) is 0.412. The van der Waals surface area contributed by atoms with Gasteiger partial charge in [0, 0.05) is 6.42 Å². The van der Waals surface area contributed by atoms with Gasteiger partial charge in [-0.25, -0.2) is 4.89 Å². The van der Waals surface area contributed by atoms with E-state index in [-0.39, 0.29) is 43.4 Å². The molecule has 3 aromatic rings. The Hall–Kier alpha value is -3.04. The first kappa shape index (κ1) is 32.9. The van der Waals surface area contributed by atoms with E-state index in [1.165, 1.54) is 22.3 Å². The predicted molar refractivity (Wildman–Crippen MR) is 165 cm³/mol. The molecule has 6 rings (SSSR count). The minimum atomic E-state index is -0.140. The van der Waals surface area contributed by atoms with Gasteiger partial charge in [0.15, 0.2) is 0 Å². The zero-order valence-corrected chi connectivity index (χ0v) is 25.6. The van der Waals surface area contributed by atoms with Gasteiger partial charge >= 0.3 is 17.1 Å². The Kier molecular flexibility index (Phi) is 10.5. The van der Waals surface area contributed by atoms with Crippen molar-refractivity contribution in [2.24, 2.45) is 0 Å². The van der Waals surface area contributed by atoms with Crippen LogP contribution in [0.15, 0.2) is 29.5 Å². The Morgan fingerprint density at radius 3 is 2.51 bits per heavy atom. The molecule has 3 aliphatic rings. The molecule has 3 aliphatic heterocycles. The van der Waals surface area contributed by atoms with Crippen molar-refractivity contribution >= 4 is 24.3 Å². The van der Waals surface area contributed by atoms with Crippen LogP contribution in [-0.4, -0.2) is 24.2 Å². The minimum absolute atomic E-state index is 0. The molecule has 0 amide bonds. The van der Waals surface area contributed by atoms with Crippen LogP contribution in [0.5, 0.6) is 0 Å². The zero-order valence-electron chi connectivity index (χ0n) is 24.5. The van der Waals surface area contributed by atoms with Crippen LogP contribution in [0.1, 0.15) is 91.1 Å². The van der Waals surface area contributed by atoms with E-state index in [9.17, 15) is 0 Å². The second-order valence-corrected chi connectivity index (χ2v) is 11.0. The van der Waals surface area contributed by atoms with E-state index in [0.29, 0.717) is 6.42 Å². The fourth-order valence-electron chi connectivity index (χ4n) is 6.15. The van der Waals surface area contributed by atoms with Crippen molar-refractivity contribution in [1.29, 1.82) is 0 Å². The molecule has 0 saturated carbocycles. The molecule has 3 aromatic heterocycles. The molecular formula is C34H40FeN4O4. The number of hydrogen-bond donors (Lipinski definition) is 1. The van der Waals surface area contributed by atoms with E-state index in [2.05, 4.69) is 57.4 Å². The Morgan fingerprint density at radius 1 is 1.02 bits per heavy atom. The SMILES string of the molecule is C.C=Cc1c(C)/c2[n-]/c1=C\c1[n-]c(c(CC)c1C)CC1[N-]/C(=C\c3[n-]c(cc3CCCOO)\C=2)C(CCC2OO2)=C1C.[Fe+4]. The number of nitrogens with zero attached hydrogens (tertiary/aromatic N) is 4. The van der Waals surface area contributed by atoms with Gasteiger partial charge in [-0.2, -0.15) is 15.5 Å². The monoisotopic (exact) mass is 624 g/mol. The predicted octanol–water partition coefficient (Wildman–Crippen LogP) is 5.13. The molecule has 8 bridgehead atoms. The molecule has 9 heteroatoms. The standard InChI is InChI=1S/C33H36N4O4.CH4.Fe/c1-6-23-18(3)26-14-22-13-21(9-8-12-39-38)29(34-22)17-32-25(10-11-33-40-41-33)20(5)28(37-32)16-31-24(7-2)19(4)27(36-31)15-30(23)35-26;;/h6,13-15,17,28,33,38H,1,7-12,16H2,2-5H3;1H4;/q-4;;+4/b26-14-,30-15-,32-17-;;. The molecule has 0 spiro atoms. The van der Waals surface area contributed by atoms with E-state index >= 15 is 0 Å². The molecule has 6 heterocycles. The Labute approximate surface area is 264 Å². The molecule has 228 valence electrons. The first-order chi connectivity index (χ1) is 19.9. The smallest absolute Gasteiger partial charge is 0.678 e. The van der Waals surface area contributed by atoms with Gasteiger partial charge in [-0.3, -0.25) is 5.26 Å². The average Bonchev–Trinajstić information content (AvgIpc) is 3.43. The van der Waals surface area contributed by atoms with Crippen LogP contribution in [0.25, 0.3) is 29.6 Å². The second kappa shape index (κ2) is 13.7. The number of fused-ring (bicyclic) bond motifs is 8. The Bertz CT molecular complexity index is 1670. The maximum atomic E-state index is 8.90. The van der Waals surface area contributed by atoms with E-state index in [1.807, 2.05) is 12.2 Å².